The molecule has 1 amide bonds. The van der Waals surface area contributed by atoms with E-state index in [0.717, 1.165) is 23.1 Å². The van der Waals surface area contributed by atoms with Crippen molar-refractivity contribution in [2.24, 2.45) is 0 Å². The van der Waals surface area contributed by atoms with Gasteiger partial charge in [0, 0.05) is 28.6 Å². The molecule has 8 heteroatoms. The highest BCUT2D eigenvalue weighted by Gasteiger charge is 2.12. The number of hydrogen-bond donors (Lipinski definition) is 1. The molecule has 4 aromatic rings. The summed E-state index contributed by atoms with van der Waals surface area (Å²) in [6.07, 6.45) is 0.726. The highest BCUT2D eigenvalue weighted by Crippen LogP contribution is 2.20. The molecule has 4 rings (SSSR count). The number of hydrogen-bond acceptors (Lipinski definition) is 5. The van der Waals surface area contributed by atoms with E-state index in [2.05, 4.69) is 14.9 Å². The number of benzene rings is 3. The summed E-state index contributed by atoms with van der Waals surface area (Å²) in [6, 6.07) is 27.5. The van der Waals surface area contributed by atoms with Crippen LogP contribution in [0.5, 0.6) is 5.88 Å². The summed E-state index contributed by atoms with van der Waals surface area (Å²) >= 11 is 5.90. The van der Waals surface area contributed by atoms with E-state index in [0.29, 0.717) is 28.8 Å². The van der Waals surface area contributed by atoms with Gasteiger partial charge in [-0.05, 0) is 41.5 Å². The third-order valence-electron chi connectivity index (χ3n) is 4.96. The Labute approximate surface area is 205 Å². The Hall–Kier alpha value is -3.55. The highest BCUT2D eigenvalue weighted by molar-refractivity contribution is 7.82. The van der Waals surface area contributed by atoms with Gasteiger partial charge in [0.2, 0.25) is 5.88 Å². The molecule has 0 radical (unpaired) electrons. The van der Waals surface area contributed by atoms with Crippen LogP contribution in [0.25, 0.3) is 11.3 Å². The molecule has 0 saturated carbocycles. The Morgan fingerprint density at radius 2 is 1.68 bits per heavy atom. The maximum atomic E-state index is 12.6. The normalized spacial score (nSPS) is 11.6. The van der Waals surface area contributed by atoms with Crippen molar-refractivity contribution < 1.29 is 13.7 Å². The topological polar surface area (TPSA) is 81.2 Å². The molecule has 34 heavy (non-hydrogen) atoms. The minimum Gasteiger partial charge on any atom is -0.476 e. The first kappa shape index (κ1) is 23.6. The van der Waals surface area contributed by atoms with E-state index in [1.807, 2.05) is 60.7 Å². The number of nitrogens with one attached hydrogen (secondary N) is 1. The van der Waals surface area contributed by atoms with Crippen LogP contribution in [0.3, 0.4) is 0 Å². The van der Waals surface area contributed by atoms with Gasteiger partial charge in [-0.2, -0.15) is 0 Å². The summed E-state index contributed by atoms with van der Waals surface area (Å²) in [7, 11) is -1.52. The average molecular weight is 492 g/mol. The number of aromatic nitrogens is 2. The minimum atomic E-state index is -1.52. The number of carbonyl (C=O) groups is 1. The lowest BCUT2D eigenvalue weighted by Crippen LogP contribution is -2.26. The molecular formula is C26H22ClN3O3S. The van der Waals surface area contributed by atoms with Crippen molar-refractivity contribution in [2.75, 3.05) is 6.61 Å². The third kappa shape index (κ3) is 6.73. The van der Waals surface area contributed by atoms with Crippen LogP contribution in [-0.2, 0) is 23.2 Å². The number of rotatable bonds is 9. The van der Waals surface area contributed by atoms with E-state index < -0.39 is 16.9 Å². The molecule has 0 saturated heterocycles. The Morgan fingerprint density at radius 1 is 0.882 bits per heavy atom. The van der Waals surface area contributed by atoms with Crippen LogP contribution >= 0.6 is 11.6 Å². The first-order valence-electron chi connectivity index (χ1n) is 10.6. The lowest BCUT2D eigenvalue weighted by molar-refractivity contribution is 0.0983. The zero-order chi connectivity index (χ0) is 23.8. The largest absolute Gasteiger partial charge is 0.476 e. The van der Waals surface area contributed by atoms with Crippen LogP contribution < -0.4 is 9.46 Å². The fraction of sp³-hybridized carbons (Fsp3) is 0.115. The van der Waals surface area contributed by atoms with E-state index in [1.54, 1.807) is 30.3 Å². The summed E-state index contributed by atoms with van der Waals surface area (Å²) in [4.78, 5) is 12.6. The molecule has 172 valence electrons. The van der Waals surface area contributed by atoms with Gasteiger partial charge in [0.05, 0.1) is 18.1 Å². The fourth-order valence-electron chi connectivity index (χ4n) is 3.22. The summed E-state index contributed by atoms with van der Waals surface area (Å²) in [5.74, 6) is 0.256. The molecular weight excluding hydrogens is 470 g/mol. The van der Waals surface area contributed by atoms with E-state index >= 15 is 0 Å². The van der Waals surface area contributed by atoms with Crippen molar-refractivity contribution in [2.45, 2.75) is 12.2 Å². The van der Waals surface area contributed by atoms with Crippen LogP contribution in [-0.4, -0.2) is 26.9 Å². The van der Waals surface area contributed by atoms with Gasteiger partial charge >= 0.3 is 0 Å². The maximum absolute atomic E-state index is 12.6. The van der Waals surface area contributed by atoms with Crippen molar-refractivity contribution in [3.63, 3.8) is 0 Å². The summed E-state index contributed by atoms with van der Waals surface area (Å²) < 4.78 is 20.5. The van der Waals surface area contributed by atoms with E-state index in [1.165, 1.54) is 0 Å². The predicted octanol–water partition coefficient (Wildman–Crippen LogP) is 5.01. The van der Waals surface area contributed by atoms with Crippen molar-refractivity contribution in [1.29, 1.82) is 0 Å². The van der Waals surface area contributed by atoms with E-state index in [4.69, 9.17) is 16.3 Å². The van der Waals surface area contributed by atoms with Gasteiger partial charge in [-0.15, -0.1) is 10.2 Å². The lowest BCUT2D eigenvalue weighted by atomic mass is 10.1. The van der Waals surface area contributed by atoms with Crippen molar-refractivity contribution in [3.8, 4) is 17.1 Å². The molecule has 0 fully saturated rings. The first-order valence-corrected chi connectivity index (χ1v) is 12.3. The van der Waals surface area contributed by atoms with Crippen LogP contribution in [0.1, 0.15) is 21.5 Å². The summed E-state index contributed by atoms with van der Waals surface area (Å²) in [5.41, 5.74) is 3.73. The minimum absolute atomic E-state index is 0.247. The van der Waals surface area contributed by atoms with Gasteiger partial charge in [0.1, 0.15) is 11.0 Å². The van der Waals surface area contributed by atoms with Gasteiger partial charge in [-0.1, -0.05) is 66.2 Å². The van der Waals surface area contributed by atoms with Crippen LogP contribution in [0.4, 0.5) is 0 Å². The van der Waals surface area contributed by atoms with Gasteiger partial charge in [-0.25, -0.2) is 4.21 Å². The van der Waals surface area contributed by atoms with Crippen molar-refractivity contribution >= 4 is 28.5 Å². The van der Waals surface area contributed by atoms with Crippen LogP contribution in [0, 0.1) is 0 Å². The Morgan fingerprint density at radius 3 is 2.41 bits per heavy atom. The summed E-state index contributed by atoms with van der Waals surface area (Å²) in [5, 5.41) is 9.05. The predicted molar refractivity (Wildman–Crippen MR) is 134 cm³/mol. The lowest BCUT2D eigenvalue weighted by Gasteiger charge is -2.08. The fourth-order valence-corrected chi connectivity index (χ4v) is 4.24. The number of nitrogens with zero attached hydrogens (tertiary/aromatic N) is 2. The van der Waals surface area contributed by atoms with Crippen molar-refractivity contribution in [1.82, 2.24) is 14.9 Å². The smallest absolute Gasteiger partial charge is 0.262 e. The molecule has 0 aliphatic rings. The first-order chi connectivity index (χ1) is 16.6. The van der Waals surface area contributed by atoms with Crippen LogP contribution in [0.2, 0.25) is 5.02 Å². The van der Waals surface area contributed by atoms with E-state index in [-0.39, 0.29) is 5.75 Å². The molecule has 0 spiro atoms. The molecule has 0 aliphatic heterocycles. The van der Waals surface area contributed by atoms with Gasteiger partial charge < -0.3 is 4.74 Å². The number of carbonyl (C=O) groups excluding carboxylic acids is 1. The van der Waals surface area contributed by atoms with Crippen LogP contribution in [0.15, 0.2) is 91.0 Å². The standard InChI is InChI=1S/C26H22ClN3O3S/c27-23-11-9-19(10-12-23)15-16-33-25-14-13-24(28-29-25)21-7-4-8-22(17-21)26(31)30-34(32)18-20-5-2-1-3-6-20/h1-14,17H,15-16,18H2,(H,30,31). The molecule has 0 bridgehead atoms. The quantitative estimate of drug-likeness (QED) is 0.356. The Kier molecular flexibility index (Phi) is 8.01. The molecule has 1 heterocycles. The third-order valence-corrected chi connectivity index (χ3v) is 6.22. The number of ether oxygens (including phenoxy) is 1. The second kappa shape index (κ2) is 11.5. The molecule has 1 N–H and O–H groups in total. The second-order valence-corrected chi connectivity index (χ2v) is 9.09. The zero-order valence-corrected chi connectivity index (χ0v) is 19.8. The molecule has 0 aliphatic carbocycles. The van der Waals surface area contributed by atoms with Crippen molar-refractivity contribution in [3.05, 3.63) is 113 Å². The monoisotopic (exact) mass is 491 g/mol. The molecule has 1 atom stereocenters. The maximum Gasteiger partial charge on any atom is 0.262 e. The number of amides is 1. The average Bonchev–Trinajstić information content (AvgIpc) is 2.86. The molecule has 1 aromatic heterocycles. The number of halogens is 1. The van der Waals surface area contributed by atoms with Gasteiger partial charge in [0.15, 0.2) is 0 Å². The Bertz CT molecular complexity index is 1270. The zero-order valence-electron chi connectivity index (χ0n) is 18.2. The summed E-state index contributed by atoms with van der Waals surface area (Å²) in [6.45, 7) is 0.464. The highest BCUT2D eigenvalue weighted by atomic mass is 35.5. The molecule has 6 nitrogen and oxygen atoms in total. The SMILES string of the molecule is O=C(NS(=O)Cc1ccccc1)c1cccc(-c2ccc(OCCc3ccc(Cl)cc3)nn2)c1. The van der Waals surface area contributed by atoms with E-state index in [9.17, 15) is 9.00 Å². The Balaban J connectivity index is 1.33. The molecule has 3 aromatic carbocycles. The molecule has 1 unspecified atom stereocenters. The van der Waals surface area contributed by atoms with Gasteiger partial charge in [-0.3, -0.25) is 9.52 Å². The van der Waals surface area contributed by atoms with Gasteiger partial charge in [0.25, 0.3) is 5.91 Å². The second-order valence-electron chi connectivity index (χ2n) is 7.47.